The predicted octanol–water partition coefficient (Wildman–Crippen LogP) is 0.722. The molecule has 0 aromatic carbocycles. The molecule has 0 spiro atoms. The molecule has 0 heterocycles. The summed E-state index contributed by atoms with van der Waals surface area (Å²) in [6.07, 6.45) is 0. The molecule has 0 aromatic rings. The second-order valence-corrected chi connectivity index (χ2v) is 3.52. The average Bonchev–Trinajstić information content (AvgIpc) is 1.59. The molecule has 0 saturated heterocycles. The SMILES string of the molecule is CC(C)NCC(C)(C)N. The summed E-state index contributed by atoms with van der Waals surface area (Å²) in [6.45, 7) is 9.15. The van der Waals surface area contributed by atoms with Gasteiger partial charge in [0, 0.05) is 18.1 Å². The van der Waals surface area contributed by atoms with Crippen LogP contribution in [0.4, 0.5) is 0 Å². The van der Waals surface area contributed by atoms with Gasteiger partial charge in [-0.3, -0.25) is 0 Å². The maximum Gasteiger partial charge on any atom is 0.0223 e. The van der Waals surface area contributed by atoms with Gasteiger partial charge < -0.3 is 11.1 Å². The Hall–Kier alpha value is -0.0800. The Balaban J connectivity index is 3.28. The lowest BCUT2D eigenvalue weighted by Crippen LogP contribution is -2.45. The fraction of sp³-hybridized carbons (Fsp3) is 1.00. The maximum atomic E-state index is 5.72. The van der Waals surface area contributed by atoms with E-state index in [-0.39, 0.29) is 5.54 Å². The van der Waals surface area contributed by atoms with Crippen LogP contribution in [0.15, 0.2) is 0 Å². The molecule has 0 aliphatic carbocycles. The molecule has 9 heavy (non-hydrogen) atoms. The zero-order valence-corrected chi connectivity index (χ0v) is 6.86. The molecule has 0 saturated carbocycles. The number of nitrogens with two attached hydrogens (primary N) is 1. The lowest BCUT2D eigenvalue weighted by Gasteiger charge is -2.20. The Bertz CT molecular complexity index is 71.5. The van der Waals surface area contributed by atoms with E-state index in [1.807, 2.05) is 13.8 Å². The summed E-state index contributed by atoms with van der Waals surface area (Å²) >= 11 is 0. The summed E-state index contributed by atoms with van der Waals surface area (Å²) in [5.74, 6) is 0. The molecule has 0 aliphatic heterocycles. The van der Waals surface area contributed by atoms with Crippen LogP contribution in [0.5, 0.6) is 0 Å². The smallest absolute Gasteiger partial charge is 0.0223 e. The topological polar surface area (TPSA) is 38.0 Å². The van der Waals surface area contributed by atoms with Crippen LogP contribution in [-0.2, 0) is 0 Å². The van der Waals surface area contributed by atoms with Crippen molar-refractivity contribution in [1.29, 1.82) is 0 Å². The van der Waals surface area contributed by atoms with Crippen LogP contribution < -0.4 is 11.1 Å². The third-order valence-electron chi connectivity index (χ3n) is 0.966. The van der Waals surface area contributed by atoms with Crippen LogP contribution in [-0.4, -0.2) is 18.1 Å². The van der Waals surface area contributed by atoms with E-state index in [0.29, 0.717) is 6.04 Å². The normalized spacial score (nSPS) is 12.7. The van der Waals surface area contributed by atoms with Gasteiger partial charge in [0.05, 0.1) is 0 Å². The van der Waals surface area contributed by atoms with Crippen molar-refractivity contribution in [3.05, 3.63) is 0 Å². The van der Waals surface area contributed by atoms with Crippen molar-refractivity contribution in [2.75, 3.05) is 6.54 Å². The first kappa shape index (κ1) is 8.92. The Morgan fingerprint density at radius 1 is 1.44 bits per heavy atom. The third-order valence-corrected chi connectivity index (χ3v) is 0.966. The first-order chi connectivity index (χ1) is 3.92. The summed E-state index contributed by atoms with van der Waals surface area (Å²) in [5, 5.41) is 3.26. The lowest BCUT2D eigenvalue weighted by atomic mass is 10.1. The minimum atomic E-state index is -0.0791. The second kappa shape index (κ2) is 3.18. The van der Waals surface area contributed by atoms with Gasteiger partial charge in [-0.1, -0.05) is 13.8 Å². The quantitative estimate of drug-likeness (QED) is 0.591. The molecule has 0 bridgehead atoms. The largest absolute Gasteiger partial charge is 0.324 e. The summed E-state index contributed by atoms with van der Waals surface area (Å²) in [5.41, 5.74) is 5.64. The molecule has 0 amide bonds. The fourth-order valence-electron chi connectivity index (χ4n) is 0.467. The monoisotopic (exact) mass is 130 g/mol. The average molecular weight is 130 g/mol. The number of rotatable bonds is 3. The van der Waals surface area contributed by atoms with Crippen LogP contribution in [0.25, 0.3) is 0 Å². The minimum Gasteiger partial charge on any atom is -0.324 e. The highest BCUT2D eigenvalue weighted by Crippen LogP contribution is 1.93. The molecule has 2 nitrogen and oxygen atoms in total. The number of hydrogen-bond acceptors (Lipinski definition) is 2. The Morgan fingerprint density at radius 2 is 1.89 bits per heavy atom. The van der Waals surface area contributed by atoms with E-state index in [9.17, 15) is 0 Å². The van der Waals surface area contributed by atoms with E-state index < -0.39 is 0 Å². The summed E-state index contributed by atoms with van der Waals surface area (Å²) < 4.78 is 0. The summed E-state index contributed by atoms with van der Waals surface area (Å²) in [7, 11) is 0. The first-order valence-corrected chi connectivity index (χ1v) is 3.44. The van der Waals surface area contributed by atoms with Gasteiger partial charge in [-0.25, -0.2) is 0 Å². The molecule has 0 unspecified atom stereocenters. The first-order valence-electron chi connectivity index (χ1n) is 3.44. The van der Waals surface area contributed by atoms with E-state index in [1.54, 1.807) is 0 Å². The minimum absolute atomic E-state index is 0.0791. The molecule has 2 heteroatoms. The molecule has 56 valence electrons. The molecule has 0 aliphatic rings. The Labute approximate surface area is 57.8 Å². The molecule has 3 N–H and O–H groups in total. The van der Waals surface area contributed by atoms with Gasteiger partial charge in [-0.2, -0.15) is 0 Å². The van der Waals surface area contributed by atoms with E-state index in [4.69, 9.17) is 5.73 Å². The van der Waals surface area contributed by atoms with Crippen LogP contribution in [0.2, 0.25) is 0 Å². The van der Waals surface area contributed by atoms with Crippen molar-refractivity contribution in [3.63, 3.8) is 0 Å². The van der Waals surface area contributed by atoms with Gasteiger partial charge in [0.1, 0.15) is 0 Å². The van der Waals surface area contributed by atoms with Gasteiger partial charge in [0.25, 0.3) is 0 Å². The maximum absolute atomic E-state index is 5.72. The molecule has 0 fully saturated rings. The van der Waals surface area contributed by atoms with Crippen LogP contribution in [0.1, 0.15) is 27.7 Å². The predicted molar refractivity (Wildman–Crippen MR) is 41.4 cm³/mol. The van der Waals surface area contributed by atoms with Gasteiger partial charge in [0.15, 0.2) is 0 Å². The summed E-state index contributed by atoms with van der Waals surface area (Å²) in [6, 6.07) is 0.535. The van der Waals surface area contributed by atoms with Crippen molar-refractivity contribution in [1.82, 2.24) is 5.32 Å². The van der Waals surface area contributed by atoms with E-state index in [0.717, 1.165) is 6.54 Å². The standard InChI is InChI=1S/C7H18N2/c1-6(2)9-5-7(3,4)8/h6,9H,5,8H2,1-4H3. The zero-order valence-electron chi connectivity index (χ0n) is 6.86. The van der Waals surface area contributed by atoms with Crippen LogP contribution in [0, 0.1) is 0 Å². The van der Waals surface area contributed by atoms with Crippen molar-refractivity contribution in [3.8, 4) is 0 Å². The number of nitrogens with one attached hydrogen (secondary N) is 1. The second-order valence-electron chi connectivity index (χ2n) is 3.52. The van der Waals surface area contributed by atoms with Crippen LogP contribution >= 0.6 is 0 Å². The van der Waals surface area contributed by atoms with Gasteiger partial charge >= 0.3 is 0 Å². The van der Waals surface area contributed by atoms with E-state index in [2.05, 4.69) is 19.2 Å². The van der Waals surface area contributed by atoms with Gasteiger partial charge in [-0.15, -0.1) is 0 Å². The van der Waals surface area contributed by atoms with Crippen molar-refractivity contribution >= 4 is 0 Å². The highest BCUT2D eigenvalue weighted by molar-refractivity contribution is 4.75. The Morgan fingerprint density at radius 3 is 2.00 bits per heavy atom. The molecule has 0 atom stereocenters. The highest BCUT2D eigenvalue weighted by atomic mass is 14.9. The molecule has 0 rings (SSSR count). The third kappa shape index (κ3) is 7.92. The van der Waals surface area contributed by atoms with Crippen molar-refractivity contribution in [2.24, 2.45) is 5.73 Å². The lowest BCUT2D eigenvalue weighted by molar-refractivity contribution is 0.440. The van der Waals surface area contributed by atoms with Crippen molar-refractivity contribution < 1.29 is 0 Å². The fourth-order valence-corrected chi connectivity index (χ4v) is 0.467. The highest BCUT2D eigenvalue weighted by Gasteiger charge is 2.09. The molecular formula is C7H18N2. The van der Waals surface area contributed by atoms with Crippen molar-refractivity contribution in [2.45, 2.75) is 39.3 Å². The van der Waals surface area contributed by atoms with Gasteiger partial charge in [0.2, 0.25) is 0 Å². The van der Waals surface area contributed by atoms with Crippen LogP contribution in [0.3, 0.4) is 0 Å². The van der Waals surface area contributed by atoms with E-state index in [1.165, 1.54) is 0 Å². The molecule has 0 radical (unpaired) electrons. The molecular weight excluding hydrogens is 112 g/mol. The Kier molecular flexibility index (Phi) is 3.15. The van der Waals surface area contributed by atoms with E-state index >= 15 is 0 Å². The zero-order chi connectivity index (χ0) is 7.49. The number of hydrogen-bond donors (Lipinski definition) is 2. The molecule has 0 aromatic heterocycles. The van der Waals surface area contributed by atoms with Gasteiger partial charge in [-0.05, 0) is 13.8 Å². The summed E-state index contributed by atoms with van der Waals surface area (Å²) in [4.78, 5) is 0.